The molecule has 2 N–H and O–H groups in total. The van der Waals surface area contributed by atoms with Crippen molar-refractivity contribution in [3.63, 3.8) is 0 Å². The topological polar surface area (TPSA) is 80.3 Å². The molecule has 6 nitrogen and oxygen atoms in total. The summed E-state index contributed by atoms with van der Waals surface area (Å²) in [5.41, 5.74) is 2.70. The van der Waals surface area contributed by atoms with Gasteiger partial charge in [-0.25, -0.2) is 9.78 Å². The van der Waals surface area contributed by atoms with Gasteiger partial charge in [-0.2, -0.15) is 0 Å². The third-order valence-electron chi connectivity index (χ3n) is 4.78. The fourth-order valence-corrected chi connectivity index (χ4v) is 6.12. The van der Waals surface area contributed by atoms with Gasteiger partial charge in [-0.1, -0.05) is 12.1 Å². The van der Waals surface area contributed by atoms with Gasteiger partial charge in [0.15, 0.2) is 0 Å². The third kappa shape index (κ3) is 4.49. The summed E-state index contributed by atoms with van der Waals surface area (Å²) in [5.74, 6) is -0.0978. The largest absolute Gasteiger partial charge is 0.444 e. The molecule has 2 amide bonds. The van der Waals surface area contributed by atoms with E-state index in [0.29, 0.717) is 0 Å². The minimum absolute atomic E-state index is 0.0133. The van der Waals surface area contributed by atoms with Gasteiger partial charge in [0, 0.05) is 29.8 Å². The zero-order valence-corrected chi connectivity index (χ0v) is 19.1. The van der Waals surface area contributed by atoms with E-state index < -0.39 is 5.60 Å². The number of benzene rings is 1. The highest BCUT2D eigenvalue weighted by molar-refractivity contribution is 7.22. The molecule has 2 aromatic heterocycles. The molecule has 1 aliphatic rings. The molecule has 0 fully saturated rings. The number of para-hydroxylation sites is 1. The van der Waals surface area contributed by atoms with Crippen LogP contribution in [0.5, 0.6) is 0 Å². The standard InChI is InChI=1S/C22H25N3O3S2/c1-12(26)23-19-18(20-25-15-7-5-6-8-16(15)29-20)14-10-9-13(11-17(14)30-19)24-21(27)28-22(2,3)4/h5-8,13H,9-11H2,1-4H3,(H,23,26)(H,24,27). The molecule has 30 heavy (non-hydrogen) atoms. The molecule has 0 aliphatic heterocycles. The maximum Gasteiger partial charge on any atom is 0.407 e. The zero-order chi connectivity index (χ0) is 21.5. The Kier molecular flexibility index (Phi) is 5.55. The number of hydrogen-bond donors (Lipinski definition) is 2. The van der Waals surface area contributed by atoms with E-state index in [2.05, 4.69) is 16.7 Å². The number of nitrogens with one attached hydrogen (secondary N) is 2. The highest BCUT2D eigenvalue weighted by Gasteiger charge is 2.30. The first-order chi connectivity index (χ1) is 14.2. The van der Waals surface area contributed by atoms with Crippen LogP contribution in [0.3, 0.4) is 0 Å². The number of anilines is 1. The molecule has 2 heterocycles. The van der Waals surface area contributed by atoms with Gasteiger partial charge in [-0.3, -0.25) is 4.79 Å². The average molecular weight is 444 g/mol. The van der Waals surface area contributed by atoms with Gasteiger partial charge in [-0.15, -0.1) is 22.7 Å². The van der Waals surface area contributed by atoms with Crippen LogP contribution >= 0.6 is 22.7 Å². The van der Waals surface area contributed by atoms with E-state index in [1.54, 1.807) is 22.7 Å². The first-order valence-electron chi connectivity index (χ1n) is 9.97. The summed E-state index contributed by atoms with van der Waals surface area (Å²) in [7, 11) is 0. The van der Waals surface area contributed by atoms with Crippen molar-refractivity contribution in [2.45, 2.75) is 58.6 Å². The summed E-state index contributed by atoms with van der Waals surface area (Å²) in [6.45, 7) is 7.09. The number of alkyl carbamates (subject to hydrolysis) is 1. The lowest BCUT2D eigenvalue weighted by molar-refractivity contribution is -0.114. The molecule has 1 aromatic carbocycles. The molecule has 0 spiro atoms. The number of fused-ring (bicyclic) bond motifs is 2. The first kappa shape index (κ1) is 20.8. The van der Waals surface area contributed by atoms with Crippen molar-refractivity contribution in [2.75, 3.05) is 5.32 Å². The summed E-state index contributed by atoms with van der Waals surface area (Å²) >= 11 is 3.22. The van der Waals surface area contributed by atoms with Crippen molar-refractivity contribution < 1.29 is 14.3 Å². The van der Waals surface area contributed by atoms with Crippen molar-refractivity contribution >= 4 is 49.9 Å². The Morgan fingerprint density at radius 3 is 2.67 bits per heavy atom. The average Bonchev–Trinajstić information content (AvgIpc) is 3.19. The molecule has 0 saturated carbocycles. The normalized spacial score (nSPS) is 16.2. The maximum absolute atomic E-state index is 12.2. The van der Waals surface area contributed by atoms with E-state index >= 15 is 0 Å². The van der Waals surface area contributed by atoms with E-state index in [-0.39, 0.29) is 18.0 Å². The lowest BCUT2D eigenvalue weighted by Crippen LogP contribution is -2.41. The number of ether oxygens (including phenoxy) is 1. The number of nitrogens with zero attached hydrogens (tertiary/aromatic N) is 1. The Bertz CT molecular complexity index is 1080. The van der Waals surface area contributed by atoms with Gasteiger partial charge in [-0.05, 0) is 51.3 Å². The predicted molar refractivity (Wildman–Crippen MR) is 122 cm³/mol. The predicted octanol–water partition coefficient (Wildman–Crippen LogP) is 5.37. The molecule has 1 atom stereocenters. The minimum Gasteiger partial charge on any atom is -0.444 e. The molecule has 8 heteroatoms. The Labute approximate surface area is 183 Å². The fraction of sp³-hybridized carbons (Fsp3) is 0.409. The Hall–Kier alpha value is -2.45. The molecular weight excluding hydrogens is 418 g/mol. The number of thiazole rings is 1. The summed E-state index contributed by atoms with van der Waals surface area (Å²) in [6.07, 6.45) is 1.97. The van der Waals surface area contributed by atoms with Crippen LogP contribution in [0, 0.1) is 0 Å². The SMILES string of the molecule is CC(=O)Nc1sc2c(c1-c1nc3ccccc3s1)CCC(NC(=O)OC(C)(C)C)C2. The molecule has 3 aromatic rings. The lowest BCUT2D eigenvalue weighted by atomic mass is 9.92. The molecule has 0 radical (unpaired) electrons. The van der Waals surface area contributed by atoms with E-state index in [1.807, 2.05) is 39.0 Å². The summed E-state index contributed by atoms with van der Waals surface area (Å²) in [6, 6.07) is 8.08. The number of thiophene rings is 1. The maximum atomic E-state index is 12.2. The van der Waals surface area contributed by atoms with Crippen molar-refractivity contribution in [1.82, 2.24) is 10.3 Å². The van der Waals surface area contributed by atoms with E-state index in [1.165, 1.54) is 17.4 Å². The minimum atomic E-state index is -0.522. The van der Waals surface area contributed by atoms with Crippen LogP contribution in [0.15, 0.2) is 24.3 Å². The van der Waals surface area contributed by atoms with E-state index in [0.717, 1.165) is 45.1 Å². The molecule has 158 valence electrons. The Balaban J connectivity index is 1.64. The fourth-order valence-electron chi connectivity index (χ4n) is 3.64. The molecular formula is C22H25N3O3S2. The smallest absolute Gasteiger partial charge is 0.407 e. The van der Waals surface area contributed by atoms with E-state index in [9.17, 15) is 9.59 Å². The van der Waals surface area contributed by atoms with Gasteiger partial charge in [0.05, 0.1) is 10.2 Å². The van der Waals surface area contributed by atoms with Gasteiger partial charge in [0.25, 0.3) is 0 Å². The lowest BCUT2D eigenvalue weighted by Gasteiger charge is -2.26. The van der Waals surface area contributed by atoms with Crippen LogP contribution in [-0.2, 0) is 22.4 Å². The van der Waals surface area contributed by atoms with Crippen molar-refractivity contribution in [3.05, 3.63) is 34.7 Å². The van der Waals surface area contributed by atoms with Crippen molar-refractivity contribution in [2.24, 2.45) is 0 Å². The number of carbonyl (C=O) groups is 2. The second kappa shape index (κ2) is 8.00. The molecule has 4 rings (SSSR count). The van der Waals surface area contributed by atoms with Crippen molar-refractivity contribution in [1.29, 1.82) is 0 Å². The number of carbonyl (C=O) groups excluding carboxylic acids is 2. The van der Waals surface area contributed by atoms with Crippen LogP contribution in [0.25, 0.3) is 20.8 Å². The quantitative estimate of drug-likeness (QED) is 0.571. The van der Waals surface area contributed by atoms with Crippen LogP contribution in [-0.4, -0.2) is 28.6 Å². The number of rotatable bonds is 3. The Morgan fingerprint density at radius 1 is 1.20 bits per heavy atom. The van der Waals surface area contributed by atoms with Crippen molar-refractivity contribution in [3.8, 4) is 10.6 Å². The van der Waals surface area contributed by atoms with Gasteiger partial charge < -0.3 is 15.4 Å². The second-order valence-corrected chi connectivity index (χ2v) is 10.6. The highest BCUT2D eigenvalue weighted by Crippen LogP contribution is 2.46. The highest BCUT2D eigenvalue weighted by atomic mass is 32.1. The number of amides is 2. The number of hydrogen-bond acceptors (Lipinski definition) is 6. The van der Waals surface area contributed by atoms with Crippen LogP contribution < -0.4 is 10.6 Å². The third-order valence-corrected chi connectivity index (χ3v) is 7.01. The van der Waals surface area contributed by atoms with Gasteiger partial charge in [0.2, 0.25) is 5.91 Å². The summed E-state index contributed by atoms with van der Waals surface area (Å²) in [5, 5.41) is 7.75. The van der Waals surface area contributed by atoms with Crippen LogP contribution in [0.1, 0.15) is 44.6 Å². The zero-order valence-electron chi connectivity index (χ0n) is 17.5. The molecule has 1 unspecified atom stereocenters. The first-order valence-corrected chi connectivity index (χ1v) is 11.6. The summed E-state index contributed by atoms with van der Waals surface area (Å²) < 4.78 is 6.53. The number of aromatic nitrogens is 1. The van der Waals surface area contributed by atoms with E-state index in [4.69, 9.17) is 9.72 Å². The van der Waals surface area contributed by atoms with Crippen LogP contribution in [0.4, 0.5) is 9.80 Å². The Morgan fingerprint density at radius 2 is 1.97 bits per heavy atom. The monoisotopic (exact) mass is 443 g/mol. The molecule has 0 saturated heterocycles. The van der Waals surface area contributed by atoms with Gasteiger partial charge in [0.1, 0.15) is 15.6 Å². The molecule has 1 aliphatic carbocycles. The second-order valence-electron chi connectivity index (χ2n) is 8.46. The van der Waals surface area contributed by atoms with Crippen LogP contribution in [0.2, 0.25) is 0 Å². The van der Waals surface area contributed by atoms with Gasteiger partial charge >= 0.3 is 6.09 Å². The summed E-state index contributed by atoms with van der Waals surface area (Å²) in [4.78, 5) is 30.0. The molecule has 0 bridgehead atoms.